The van der Waals surface area contributed by atoms with E-state index in [9.17, 15) is 21.6 Å². The lowest BCUT2D eigenvalue weighted by Gasteiger charge is -2.35. The lowest BCUT2D eigenvalue weighted by atomic mass is 9.94. The maximum Gasteiger partial charge on any atom is 0.416 e. The van der Waals surface area contributed by atoms with Crippen LogP contribution in [0.1, 0.15) is 28.4 Å². The van der Waals surface area contributed by atoms with Crippen molar-refractivity contribution in [3.8, 4) is 0 Å². The molecule has 4 nitrogen and oxygen atoms in total. The highest BCUT2D eigenvalue weighted by atomic mass is 32.2. The summed E-state index contributed by atoms with van der Waals surface area (Å²) in [7, 11) is -3.98. The Bertz CT molecular complexity index is 1710. The van der Waals surface area contributed by atoms with Crippen molar-refractivity contribution >= 4 is 31.7 Å². The molecule has 182 valence electrons. The number of fused-ring (bicyclic) bond motifs is 4. The Labute approximate surface area is 206 Å². The second-order valence-electron chi connectivity index (χ2n) is 8.96. The molecule has 1 aliphatic heterocycles. The van der Waals surface area contributed by atoms with Gasteiger partial charge in [0, 0.05) is 23.1 Å². The van der Waals surface area contributed by atoms with Crippen LogP contribution in [0.15, 0.2) is 95.9 Å². The Kier molecular flexibility index (Phi) is 5.21. The average molecular weight is 507 g/mol. The van der Waals surface area contributed by atoms with Gasteiger partial charge in [-0.3, -0.25) is 0 Å². The van der Waals surface area contributed by atoms with Gasteiger partial charge in [-0.1, -0.05) is 60.7 Å². The van der Waals surface area contributed by atoms with E-state index in [1.54, 1.807) is 18.2 Å². The fourth-order valence-electron chi connectivity index (χ4n) is 5.13. The van der Waals surface area contributed by atoms with Gasteiger partial charge in [0.05, 0.1) is 16.5 Å². The summed E-state index contributed by atoms with van der Waals surface area (Å²) in [6, 6.07) is 24.2. The fourth-order valence-corrected chi connectivity index (χ4v) is 6.75. The third-order valence-electron chi connectivity index (χ3n) is 6.87. The smallest absolute Gasteiger partial charge is 0.357 e. The van der Waals surface area contributed by atoms with Crippen LogP contribution in [-0.2, 0) is 22.6 Å². The van der Waals surface area contributed by atoms with E-state index in [2.05, 4.69) is 4.98 Å². The molecule has 1 aromatic heterocycles. The highest BCUT2D eigenvalue weighted by Gasteiger charge is 2.40. The number of para-hydroxylation sites is 1. The molecule has 0 saturated carbocycles. The van der Waals surface area contributed by atoms with E-state index >= 15 is 0 Å². The van der Waals surface area contributed by atoms with Crippen LogP contribution in [0.5, 0.6) is 0 Å². The number of aromatic nitrogens is 1. The predicted octanol–water partition coefficient (Wildman–Crippen LogP) is 6.68. The third-order valence-corrected chi connectivity index (χ3v) is 8.73. The number of nitrogens with one attached hydrogen (secondary N) is 1. The number of aromatic amines is 1. The van der Waals surface area contributed by atoms with E-state index in [0.29, 0.717) is 17.7 Å². The highest BCUT2D eigenvalue weighted by Crippen LogP contribution is 2.42. The van der Waals surface area contributed by atoms with Crippen molar-refractivity contribution in [2.24, 2.45) is 0 Å². The topological polar surface area (TPSA) is 53.2 Å². The van der Waals surface area contributed by atoms with Gasteiger partial charge in [0.1, 0.15) is 0 Å². The molecular weight excluding hydrogens is 485 g/mol. The summed E-state index contributed by atoms with van der Waals surface area (Å²) >= 11 is 0. The number of sulfonamides is 1. The van der Waals surface area contributed by atoms with Crippen LogP contribution in [-0.4, -0.2) is 24.3 Å². The van der Waals surface area contributed by atoms with Gasteiger partial charge in [-0.2, -0.15) is 17.5 Å². The zero-order chi connectivity index (χ0) is 25.1. The molecule has 0 spiro atoms. The second kappa shape index (κ2) is 8.21. The lowest BCUT2D eigenvalue weighted by molar-refractivity contribution is -0.137. The molecule has 6 rings (SSSR count). The first-order valence-electron chi connectivity index (χ1n) is 11.5. The Morgan fingerprint density at radius 2 is 1.53 bits per heavy atom. The minimum absolute atomic E-state index is 0.151. The first-order valence-corrected chi connectivity index (χ1v) is 12.9. The Morgan fingerprint density at radius 3 is 2.28 bits per heavy atom. The van der Waals surface area contributed by atoms with Gasteiger partial charge in [0.25, 0.3) is 0 Å². The van der Waals surface area contributed by atoms with Crippen molar-refractivity contribution in [3.05, 3.63) is 113 Å². The Morgan fingerprint density at radius 1 is 0.833 bits per heavy atom. The molecule has 0 fully saturated rings. The van der Waals surface area contributed by atoms with Gasteiger partial charge in [-0.05, 0) is 58.7 Å². The molecule has 1 atom stereocenters. The predicted molar refractivity (Wildman–Crippen MR) is 133 cm³/mol. The van der Waals surface area contributed by atoms with Crippen molar-refractivity contribution in [1.82, 2.24) is 9.29 Å². The number of hydrogen-bond donors (Lipinski definition) is 1. The number of benzene rings is 4. The SMILES string of the molecule is O=S(=O)(c1ccc2ccccc2c1)N1CCc2c([nH]c3ccccc23)C1c1ccc(C(F)(F)F)cc1. The third kappa shape index (κ3) is 3.68. The van der Waals surface area contributed by atoms with Crippen molar-refractivity contribution in [1.29, 1.82) is 0 Å². The van der Waals surface area contributed by atoms with Crippen LogP contribution in [0.25, 0.3) is 21.7 Å². The van der Waals surface area contributed by atoms with Crippen molar-refractivity contribution in [3.63, 3.8) is 0 Å². The molecule has 36 heavy (non-hydrogen) atoms. The molecule has 0 aliphatic carbocycles. The lowest BCUT2D eigenvalue weighted by Crippen LogP contribution is -2.40. The van der Waals surface area contributed by atoms with Crippen LogP contribution >= 0.6 is 0 Å². The number of halogens is 3. The quantitative estimate of drug-likeness (QED) is 0.297. The number of rotatable bonds is 3. The van der Waals surface area contributed by atoms with E-state index < -0.39 is 27.8 Å². The number of hydrogen-bond acceptors (Lipinski definition) is 2. The van der Waals surface area contributed by atoms with Crippen molar-refractivity contribution < 1.29 is 21.6 Å². The van der Waals surface area contributed by atoms with Gasteiger partial charge in [0.15, 0.2) is 0 Å². The zero-order valence-corrected chi connectivity index (χ0v) is 19.8. The number of alkyl halides is 3. The number of nitrogens with zero attached hydrogens (tertiary/aromatic N) is 1. The van der Waals surface area contributed by atoms with Crippen LogP contribution in [0, 0.1) is 0 Å². The largest absolute Gasteiger partial charge is 0.416 e. The Hall–Kier alpha value is -3.62. The normalized spacial score (nSPS) is 16.9. The first kappa shape index (κ1) is 22.8. The van der Waals surface area contributed by atoms with Crippen LogP contribution in [0.4, 0.5) is 13.2 Å². The van der Waals surface area contributed by atoms with E-state index in [0.717, 1.165) is 39.4 Å². The van der Waals surface area contributed by atoms with E-state index in [1.165, 1.54) is 16.4 Å². The summed E-state index contributed by atoms with van der Waals surface area (Å²) in [6.07, 6.45) is -3.99. The van der Waals surface area contributed by atoms with Crippen molar-refractivity contribution in [2.45, 2.75) is 23.5 Å². The zero-order valence-electron chi connectivity index (χ0n) is 19.0. The molecule has 5 aromatic rings. The summed E-state index contributed by atoms with van der Waals surface area (Å²) in [4.78, 5) is 3.51. The molecule has 0 amide bonds. The fraction of sp³-hybridized carbons (Fsp3) is 0.143. The number of H-pyrrole nitrogens is 1. The molecule has 4 aromatic carbocycles. The van der Waals surface area contributed by atoms with Gasteiger partial charge in [-0.25, -0.2) is 8.42 Å². The summed E-state index contributed by atoms with van der Waals surface area (Å²) in [5.74, 6) is 0. The van der Waals surface area contributed by atoms with E-state index in [4.69, 9.17) is 0 Å². The molecule has 1 aliphatic rings. The van der Waals surface area contributed by atoms with Gasteiger partial charge in [0.2, 0.25) is 10.0 Å². The minimum Gasteiger partial charge on any atom is -0.357 e. The monoisotopic (exact) mass is 506 g/mol. The molecule has 0 bridgehead atoms. The van der Waals surface area contributed by atoms with Crippen molar-refractivity contribution in [2.75, 3.05) is 6.54 Å². The minimum atomic E-state index is -4.48. The Balaban J connectivity index is 1.52. The highest BCUT2D eigenvalue weighted by molar-refractivity contribution is 7.89. The first-order chi connectivity index (χ1) is 17.2. The maximum atomic E-state index is 14.0. The standard InChI is InChI=1S/C28H21F3N2O2S/c29-28(30,31)21-12-9-19(10-13-21)27-26-24(23-7-3-4-8-25(23)32-26)15-16-33(27)36(34,35)22-14-11-18-5-1-2-6-20(18)17-22/h1-14,17,27,32H,15-16H2. The molecule has 1 N–H and O–H groups in total. The van der Waals surface area contributed by atoms with E-state index in [-0.39, 0.29) is 11.4 Å². The van der Waals surface area contributed by atoms with Gasteiger partial charge in [-0.15, -0.1) is 0 Å². The summed E-state index contributed by atoms with van der Waals surface area (Å²) in [5, 5.41) is 2.72. The summed E-state index contributed by atoms with van der Waals surface area (Å²) < 4.78 is 69.1. The maximum absolute atomic E-state index is 14.0. The summed E-state index contributed by atoms with van der Waals surface area (Å²) in [5.41, 5.74) is 2.24. The average Bonchev–Trinajstić information content (AvgIpc) is 3.26. The molecule has 2 heterocycles. The van der Waals surface area contributed by atoms with Crippen LogP contribution in [0.3, 0.4) is 0 Å². The molecule has 1 unspecified atom stereocenters. The van der Waals surface area contributed by atoms with Crippen LogP contribution < -0.4 is 0 Å². The molecular formula is C28H21F3N2O2S. The van der Waals surface area contributed by atoms with Crippen LogP contribution in [0.2, 0.25) is 0 Å². The van der Waals surface area contributed by atoms with Gasteiger partial charge < -0.3 is 4.98 Å². The molecule has 8 heteroatoms. The van der Waals surface area contributed by atoms with E-state index in [1.807, 2.05) is 48.5 Å². The molecule has 0 radical (unpaired) electrons. The second-order valence-corrected chi connectivity index (χ2v) is 10.9. The molecule has 0 saturated heterocycles. The van der Waals surface area contributed by atoms with Gasteiger partial charge >= 0.3 is 6.18 Å². The summed E-state index contributed by atoms with van der Waals surface area (Å²) in [6.45, 7) is 0.204.